The molecule has 0 bridgehead atoms. The van der Waals surface area contributed by atoms with E-state index in [1.54, 1.807) is 33.1 Å². The van der Waals surface area contributed by atoms with Crippen LogP contribution in [0.15, 0.2) is 22.6 Å². The van der Waals surface area contributed by atoms with Crippen molar-refractivity contribution in [2.75, 3.05) is 14.2 Å². The lowest BCUT2D eigenvalue weighted by molar-refractivity contribution is 0.0599. The van der Waals surface area contributed by atoms with Gasteiger partial charge in [0.15, 0.2) is 5.76 Å². The molecule has 0 radical (unpaired) electrons. The second-order valence-electron chi connectivity index (χ2n) is 5.86. The lowest BCUT2D eigenvalue weighted by Gasteiger charge is -2.00. The van der Waals surface area contributed by atoms with Crippen molar-refractivity contribution < 1.29 is 23.5 Å². The Bertz CT molecular complexity index is 993. The van der Waals surface area contributed by atoms with E-state index in [0.29, 0.717) is 33.8 Å². The highest BCUT2D eigenvalue weighted by Gasteiger charge is 2.27. The third-order valence-electron chi connectivity index (χ3n) is 4.40. The van der Waals surface area contributed by atoms with Gasteiger partial charge in [0.05, 0.1) is 25.5 Å². The van der Waals surface area contributed by atoms with Crippen LogP contribution in [0.4, 0.5) is 0 Å². The lowest BCUT2D eigenvalue weighted by atomic mass is 10.0. The average Bonchev–Trinajstić information content (AvgIpc) is 3.10. The second kappa shape index (κ2) is 6.12. The van der Waals surface area contributed by atoms with Crippen molar-refractivity contribution >= 4 is 22.7 Å². The number of esters is 1. The topological polar surface area (TPSA) is 81.5 Å². The number of hydrogen-bond donors (Lipinski definition) is 1. The van der Waals surface area contributed by atoms with E-state index in [2.05, 4.69) is 4.98 Å². The minimum absolute atomic E-state index is 0.240. The molecule has 6 heteroatoms. The Balaban J connectivity index is 2.12. The molecule has 0 saturated heterocycles. The molecule has 0 saturated carbocycles. The fourth-order valence-corrected chi connectivity index (χ4v) is 3.04. The number of H-pyrrole nitrogens is 1. The maximum absolute atomic E-state index is 13.0. The van der Waals surface area contributed by atoms with Crippen LogP contribution in [0.1, 0.15) is 43.4 Å². The predicted molar refractivity (Wildman–Crippen MR) is 92.5 cm³/mol. The van der Waals surface area contributed by atoms with Crippen molar-refractivity contribution in [2.45, 2.75) is 20.8 Å². The number of methoxy groups -OCH3 is 2. The van der Waals surface area contributed by atoms with E-state index in [9.17, 15) is 9.59 Å². The number of benzene rings is 1. The van der Waals surface area contributed by atoms with E-state index in [-0.39, 0.29) is 11.5 Å². The first-order valence-corrected chi connectivity index (χ1v) is 7.78. The van der Waals surface area contributed by atoms with Gasteiger partial charge in [-0.25, -0.2) is 4.79 Å². The van der Waals surface area contributed by atoms with Crippen LogP contribution in [0, 0.1) is 20.8 Å². The van der Waals surface area contributed by atoms with Crippen LogP contribution in [-0.2, 0) is 4.74 Å². The first-order chi connectivity index (χ1) is 11.9. The largest absolute Gasteiger partial charge is 0.497 e. The smallest absolute Gasteiger partial charge is 0.339 e. The number of rotatable bonds is 4. The number of nitrogens with one attached hydrogen (secondary N) is 1. The third kappa shape index (κ3) is 2.59. The molecule has 3 aromatic rings. The summed E-state index contributed by atoms with van der Waals surface area (Å²) in [5, 5.41) is 0.817. The molecule has 2 aromatic heterocycles. The number of carbonyl (C=O) groups is 2. The molecule has 1 aromatic carbocycles. The van der Waals surface area contributed by atoms with Crippen LogP contribution in [0.3, 0.4) is 0 Å². The van der Waals surface area contributed by atoms with Crippen LogP contribution < -0.4 is 4.74 Å². The molecule has 0 unspecified atom stereocenters. The van der Waals surface area contributed by atoms with Gasteiger partial charge in [0.1, 0.15) is 11.3 Å². The Morgan fingerprint density at radius 1 is 1.08 bits per heavy atom. The Hall–Kier alpha value is -3.02. The normalized spacial score (nSPS) is 10.9. The fourth-order valence-electron chi connectivity index (χ4n) is 3.04. The number of aryl methyl sites for hydroxylation is 2. The molecule has 0 aliphatic carbocycles. The van der Waals surface area contributed by atoms with E-state index in [0.717, 1.165) is 10.9 Å². The Morgan fingerprint density at radius 3 is 2.44 bits per heavy atom. The molecule has 0 atom stereocenters. The maximum Gasteiger partial charge on any atom is 0.339 e. The van der Waals surface area contributed by atoms with Crippen LogP contribution >= 0.6 is 0 Å². The summed E-state index contributed by atoms with van der Waals surface area (Å²) in [6.07, 6.45) is 0. The van der Waals surface area contributed by atoms with Crippen LogP contribution in [0.25, 0.3) is 11.0 Å². The van der Waals surface area contributed by atoms with E-state index in [1.807, 2.05) is 13.0 Å². The van der Waals surface area contributed by atoms with Gasteiger partial charge in [-0.3, -0.25) is 4.79 Å². The van der Waals surface area contributed by atoms with Gasteiger partial charge >= 0.3 is 5.97 Å². The van der Waals surface area contributed by atoms with Crippen molar-refractivity contribution in [1.29, 1.82) is 0 Å². The number of furan rings is 1. The Morgan fingerprint density at radius 2 is 1.80 bits per heavy atom. The summed E-state index contributed by atoms with van der Waals surface area (Å²) >= 11 is 0. The number of aromatic amines is 1. The van der Waals surface area contributed by atoms with Crippen molar-refractivity contribution in [2.24, 2.45) is 0 Å². The maximum atomic E-state index is 13.0. The quantitative estimate of drug-likeness (QED) is 0.578. The third-order valence-corrected chi connectivity index (χ3v) is 4.40. The zero-order valence-corrected chi connectivity index (χ0v) is 14.8. The number of fused-ring (bicyclic) bond motifs is 1. The summed E-state index contributed by atoms with van der Waals surface area (Å²) in [7, 11) is 2.90. The summed E-state index contributed by atoms with van der Waals surface area (Å²) in [4.78, 5) is 27.9. The number of ketones is 1. The van der Waals surface area contributed by atoms with Crippen LogP contribution in [-0.4, -0.2) is 31.0 Å². The highest BCUT2D eigenvalue weighted by Crippen LogP contribution is 2.31. The molecule has 25 heavy (non-hydrogen) atoms. The monoisotopic (exact) mass is 341 g/mol. The number of carbonyl (C=O) groups excluding carboxylic acids is 2. The molecule has 0 fully saturated rings. The summed E-state index contributed by atoms with van der Waals surface area (Å²) < 4.78 is 15.8. The Labute approximate surface area is 144 Å². The van der Waals surface area contributed by atoms with Gasteiger partial charge in [-0.1, -0.05) is 0 Å². The van der Waals surface area contributed by atoms with E-state index in [1.165, 1.54) is 7.11 Å². The first-order valence-electron chi connectivity index (χ1n) is 7.78. The molecule has 6 nitrogen and oxygen atoms in total. The van der Waals surface area contributed by atoms with Gasteiger partial charge in [0.25, 0.3) is 0 Å². The number of hydrogen-bond acceptors (Lipinski definition) is 5. The van der Waals surface area contributed by atoms with Crippen molar-refractivity contribution in [3.63, 3.8) is 0 Å². The minimum atomic E-state index is -0.476. The molecule has 0 aliphatic rings. The van der Waals surface area contributed by atoms with Gasteiger partial charge in [0, 0.05) is 16.6 Å². The van der Waals surface area contributed by atoms with Gasteiger partial charge in [-0.05, 0) is 44.5 Å². The molecule has 130 valence electrons. The molecule has 3 rings (SSSR count). The molecule has 0 amide bonds. The van der Waals surface area contributed by atoms with Gasteiger partial charge in [0.2, 0.25) is 5.78 Å². The van der Waals surface area contributed by atoms with Crippen molar-refractivity contribution in [3.05, 3.63) is 52.0 Å². The molecule has 2 heterocycles. The fraction of sp³-hybridized carbons (Fsp3) is 0.263. The van der Waals surface area contributed by atoms with E-state index >= 15 is 0 Å². The SMILES string of the molecule is COC(=O)c1c(C)[nH]c(C(=O)c2oc3ccc(OC)cc3c2C)c1C. The standard InChI is InChI=1S/C19H19NO5/c1-9-13-8-12(23-4)6-7-14(13)25-18(9)17(21)16-10(2)15(11(3)20-16)19(22)24-5/h6-8,20H,1-5H3. The number of ether oxygens (including phenoxy) is 2. The predicted octanol–water partition coefficient (Wildman–Crippen LogP) is 3.71. The molecule has 0 spiro atoms. The van der Waals surface area contributed by atoms with E-state index < -0.39 is 5.97 Å². The number of aromatic nitrogens is 1. The molecular weight excluding hydrogens is 322 g/mol. The zero-order chi connectivity index (χ0) is 18.3. The van der Waals surface area contributed by atoms with Crippen molar-refractivity contribution in [1.82, 2.24) is 4.98 Å². The molecule has 0 aliphatic heterocycles. The van der Waals surface area contributed by atoms with E-state index in [4.69, 9.17) is 13.9 Å². The van der Waals surface area contributed by atoms with Crippen LogP contribution in [0.2, 0.25) is 0 Å². The van der Waals surface area contributed by atoms with Gasteiger partial charge in [-0.15, -0.1) is 0 Å². The summed E-state index contributed by atoms with van der Waals surface area (Å²) in [5.74, 6) is 0.152. The first kappa shape index (κ1) is 16.8. The molecule has 1 N–H and O–H groups in total. The highest BCUT2D eigenvalue weighted by atomic mass is 16.5. The molecular formula is C19H19NO5. The Kier molecular flexibility index (Phi) is 4.12. The van der Waals surface area contributed by atoms with Gasteiger partial charge < -0.3 is 18.9 Å². The summed E-state index contributed by atoms with van der Waals surface area (Å²) in [5.41, 5.74) is 3.17. The average molecular weight is 341 g/mol. The minimum Gasteiger partial charge on any atom is -0.497 e. The van der Waals surface area contributed by atoms with Gasteiger partial charge in [-0.2, -0.15) is 0 Å². The second-order valence-corrected chi connectivity index (χ2v) is 5.86. The van der Waals surface area contributed by atoms with Crippen LogP contribution in [0.5, 0.6) is 5.75 Å². The lowest BCUT2D eigenvalue weighted by Crippen LogP contribution is -2.06. The zero-order valence-electron chi connectivity index (χ0n) is 14.8. The summed E-state index contributed by atoms with van der Waals surface area (Å²) in [6.45, 7) is 5.27. The highest BCUT2D eigenvalue weighted by molar-refractivity contribution is 6.12. The summed E-state index contributed by atoms with van der Waals surface area (Å²) in [6, 6.07) is 5.38. The van der Waals surface area contributed by atoms with Crippen molar-refractivity contribution in [3.8, 4) is 5.75 Å².